The number of halogens is 6. The molecule has 0 aliphatic rings. The summed E-state index contributed by atoms with van der Waals surface area (Å²) in [6.45, 7) is 4.63. The maximum Gasteiger partial charge on any atom is 0.421 e. The second kappa shape index (κ2) is 16.3. The molecule has 0 spiro atoms. The molecule has 0 aliphatic carbocycles. The number of unbranched alkanes of at least 4 members (excludes halogenated alkanes) is 1. The van der Waals surface area contributed by atoms with Crippen LogP contribution in [-0.4, -0.2) is 39.2 Å². The summed E-state index contributed by atoms with van der Waals surface area (Å²) < 4.78 is 83.2. The van der Waals surface area contributed by atoms with Crippen LogP contribution in [0, 0.1) is 0 Å². The highest BCUT2D eigenvalue weighted by molar-refractivity contribution is 5.78. The molecule has 0 saturated carbocycles. The SMILES string of the molecule is CCCCOCCCN.COC(=O)NN.O=Cc1cccc(C(F)(F)F)c1C(F)(F)F. The topological polar surface area (TPSA) is 117 Å². The third-order valence-corrected chi connectivity index (χ3v) is 3.25. The van der Waals surface area contributed by atoms with E-state index in [1.807, 2.05) is 0 Å². The Morgan fingerprint density at radius 1 is 1.10 bits per heavy atom. The second-order valence-electron chi connectivity index (χ2n) is 5.63. The molecule has 0 unspecified atom stereocenters. The van der Waals surface area contributed by atoms with Crippen LogP contribution in [0.4, 0.5) is 31.1 Å². The highest BCUT2D eigenvalue weighted by Crippen LogP contribution is 2.41. The summed E-state index contributed by atoms with van der Waals surface area (Å²) >= 11 is 0. The number of methoxy groups -OCH3 is 1. The van der Waals surface area contributed by atoms with Gasteiger partial charge in [-0.3, -0.25) is 10.2 Å². The van der Waals surface area contributed by atoms with E-state index in [0.717, 1.165) is 32.2 Å². The van der Waals surface area contributed by atoms with E-state index < -0.39 is 35.1 Å². The van der Waals surface area contributed by atoms with Crippen molar-refractivity contribution in [3.8, 4) is 0 Å². The lowest BCUT2D eigenvalue weighted by atomic mass is 10.0. The number of alkyl halides is 6. The van der Waals surface area contributed by atoms with E-state index >= 15 is 0 Å². The van der Waals surface area contributed by atoms with E-state index in [0.29, 0.717) is 6.07 Å². The zero-order chi connectivity index (χ0) is 24.5. The van der Waals surface area contributed by atoms with Gasteiger partial charge < -0.3 is 15.2 Å². The van der Waals surface area contributed by atoms with Crippen LogP contribution in [0.25, 0.3) is 0 Å². The van der Waals surface area contributed by atoms with Gasteiger partial charge in [-0.1, -0.05) is 25.5 Å². The van der Waals surface area contributed by atoms with Crippen molar-refractivity contribution < 1.29 is 45.4 Å². The number of rotatable bonds is 7. The van der Waals surface area contributed by atoms with Crippen molar-refractivity contribution in [1.82, 2.24) is 5.43 Å². The summed E-state index contributed by atoms with van der Waals surface area (Å²) in [4.78, 5) is 20.0. The Hall–Kier alpha value is -2.38. The van der Waals surface area contributed by atoms with Gasteiger partial charge in [-0.15, -0.1) is 0 Å². The lowest BCUT2D eigenvalue weighted by Gasteiger charge is -2.16. The largest absolute Gasteiger partial charge is 0.452 e. The third-order valence-electron chi connectivity index (χ3n) is 3.25. The van der Waals surface area contributed by atoms with Crippen LogP contribution >= 0.6 is 0 Å². The smallest absolute Gasteiger partial charge is 0.421 e. The summed E-state index contributed by atoms with van der Waals surface area (Å²) in [5, 5.41) is 0. The normalized spacial score (nSPS) is 10.8. The first kappa shape index (κ1) is 30.8. The number of ether oxygens (including phenoxy) is 2. The molecule has 0 saturated heterocycles. The Bertz CT molecular complexity index is 628. The fourth-order valence-corrected chi connectivity index (χ4v) is 1.81. The minimum absolute atomic E-state index is 0.252. The highest BCUT2D eigenvalue weighted by atomic mass is 19.4. The van der Waals surface area contributed by atoms with Gasteiger partial charge >= 0.3 is 18.4 Å². The summed E-state index contributed by atoms with van der Waals surface area (Å²) in [6.07, 6.45) is -7.88. The van der Waals surface area contributed by atoms with Gasteiger partial charge in [0, 0.05) is 18.8 Å². The number of carbonyl (C=O) groups is 2. The molecule has 0 radical (unpaired) electrons. The number of aldehydes is 1. The van der Waals surface area contributed by atoms with Gasteiger partial charge in [0.25, 0.3) is 0 Å². The molecule has 0 heterocycles. The number of nitrogens with two attached hydrogens (primary N) is 2. The Labute approximate surface area is 176 Å². The van der Waals surface area contributed by atoms with Gasteiger partial charge in [0.15, 0.2) is 6.29 Å². The number of hydrogen-bond donors (Lipinski definition) is 3. The van der Waals surface area contributed by atoms with Gasteiger partial charge in [0.05, 0.1) is 18.2 Å². The molecular formula is C18H27F6N3O4. The summed E-state index contributed by atoms with van der Waals surface area (Å²) in [7, 11) is 1.24. The maximum absolute atomic E-state index is 12.4. The van der Waals surface area contributed by atoms with Crippen molar-refractivity contribution >= 4 is 12.4 Å². The van der Waals surface area contributed by atoms with Gasteiger partial charge in [-0.2, -0.15) is 26.3 Å². The second-order valence-corrected chi connectivity index (χ2v) is 5.63. The predicted octanol–water partition coefficient (Wildman–Crippen LogP) is 3.90. The monoisotopic (exact) mass is 463 g/mol. The average molecular weight is 463 g/mol. The standard InChI is InChI=1S/C9H4F6O.C7H17NO.C2H6N2O2/c10-8(11,12)6-3-1-2-5(4-16)7(6)9(13,14)15;1-2-3-6-9-7-4-5-8;1-6-2(5)4-3/h1-4H;2-8H2,1H3;3H2,1H3,(H,4,5). The minimum atomic E-state index is -5.22. The quantitative estimate of drug-likeness (QED) is 0.141. The Morgan fingerprint density at radius 2 is 1.68 bits per heavy atom. The number of hydrazine groups is 1. The molecule has 13 heteroatoms. The van der Waals surface area contributed by atoms with E-state index in [1.54, 1.807) is 5.43 Å². The minimum Gasteiger partial charge on any atom is -0.452 e. The van der Waals surface area contributed by atoms with Crippen LogP contribution in [0.5, 0.6) is 0 Å². The Morgan fingerprint density at radius 3 is 2.03 bits per heavy atom. The fourth-order valence-electron chi connectivity index (χ4n) is 1.81. The van der Waals surface area contributed by atoms with Crippen LogP contribution in [-0.2, 0) is 21.8 Å². The van der Waals surface area contributed by atoms with Crippen LogP contribution in [0.3, 0.4) is 0 Å². The van der Waals surface area contributed by atoms with E-state index in [9.17, 15) is 35.9 Å². The molecule has 0 fully saturated rings. The molecule has 31 heavy (non-hydrogen) atoms. The van der Waals surface area contributed by atoms with Gasteiger partial charge in [0.2, 0.25) is 0 Å². The first-order valence-electron chi connectivity index (χ1n) is 8.95. The van der Waals surface area contributed by atoms with Gasteiger partial charge in [-0.25, -0.2) is 10.6 Å². The van der Waals surface area contributed by atoms with Gasteiger partial charge in [0.1, 0.15) is 0 Å². The van der Waals surface area contributed by atoms with E-state index in [2.05, 4.69) is 17.5 Å². The average Bonchev–Trinajstić information content (AvgIpc) is 2.72. The zero-order valence-corrected chi connectivity index (χ0v) is 17.1. The van der Waals surface area contributed by atoms with Crippen molar-refractivity contribution in [3.63, 3.8) is 0 Å². The number of nitrogens with one attached hydrogen (secondary N) is 1. The molecule has 0 atom stereocenters. The zero-order valence-electron chi connectivity index (χ0n) is 17.1. The number of carbonyl (C=O) groups excluding carboxylic acids is 2. The number of benzene rings is 1. The molecular weight excluding hydrogens is 436 g/mol. The van der Waals surface area contributed by atoms with Crippen LogP contribution in [0.15, 0.2) is 18.2 Å². The molecule has 1 aromatic rings. The molecule has 180 valence electrons. The third kappa shape index (κ3) is 14.3. The molecule has 0 aromatic heterocycles. The van der Waals surface area contributed by atoms with Crippen LogP contribution in [0.2, 0.25) is 0 Å². The molecule has 0 bridgehead atoms. The van der Waals surface area contributed by atoms with Crippen molar-refractivity contribution in [1.29, 1.82) is 0 Å². The Balaban J connectivity index is 0. The Kier molecular flexibility index (Phi) is 16.2. The van der Waals surface area contributed by atoms with E-state index in [1.165, 1.54) is 20.0 Å². The first-order chi connectivity index (χ1) is 14.4. The summed E-state index contributed by atoms with van der Waals surface area (Å²) in [5.74, 6) is 4.56. The number of hydrogen-bond acceptors (Lipinski definition) is 6. The molecule has 1 aromatic carbocycles. The fraction of sp³-hybridized carbons (Fsp3) is 0.556. The lowest BCUT2D eigenvalue weighted by Crippen LogP contribution is -2.29. The van der Waals surface area contributed by atoms with Crippen molar-refractivity contribution in [2.45, 2.75) is 38.5 Å². The summed E-state index contributed by atoms with van der Waals surface area (Å²) in [5.41, 5.74) is 2.19. The highest BCUT2D eigenvalue weighted by Gasteiger charge is 2.44. The molecule has 0 aliphatic heterocycles. The molecule has 1 amide bonds. The summed E-state index contributed by atoms with van der Waals surface area (Å²) in [6, 6.07) is 1.72. The molecule has 7 nitrogen and oxygen atoms in total. The van der Waals surface area contributed by atoms with Crippen LogP contribution < -0.4 is 17.0 Å². The van der Waals surface area contributed by atoms with E-state index in [4.69, 9.17) is 10.5 Å². The lowest BCUT2D eigenvalue weighted by molar-refractivity contribution is -0.162. The van der Waals surface area contributed by atoms with Gasteiger partial charge in [-0.05, 0) is 25.5 Å². The van der Waals surface area contributed by atoms with E-state index in [-0.39, 0.29) is 12.4 Å². The number of amides is 1. The van der Waals surface area contributed by atoms with Crippen molar-refractivity contribution in [2.24, 2.45) is 11.6 Å². The van der Waals surface area contributed by atoms with Crippen molar-refractivity contribution in [3.05, 3.63) is 34.9 Å². The molecule has 5 N–H and O–H groups in total. The first-order valence-corrected chi connectivity index (χ1v) is 8.95. The van der Waals surface area contributed by atoms with Crippen LogP contribution in [0.1, 0.15) is 47.7 Å². The molecule has 1 rings (SSSR count). The van der Waals surface area contributed by atoms with Crippen molar-refractivity contribution in [2.75, 3.05) is 26.9 Å². The maximum atomic E-state index is 12.4. The predicted molar refractivity (Wildman–Crippen MR) is 101 cm³/mol.